The van der Waals surface area contributed by atoms with Crippen LogP contribution in [-0.2, 0) is 13.6 Å². The first-order valence-electron chi connectivity index (χ1n) is 5.60. The van der Waals surface area contributed by atoms with Crippen molar-refractivity contribution in [2.75, 3.05) is 6.54 Å². The summed E-state index contributed by atoms with van der Waals surface area (Å²) >= 11 is 0. The van der Waals surface area contributed by atoms with Crippen molar-refractivity contribution in [3.05, 3.63) is 18.0 Å². The first-order valence-corrected chi connectivity index (χ1v) is 5.60. The summed E-state index contributed by atoms with van der Waals surface area (Å²) in [5.74, 6) is 1.18. The van der Waals surface area contributed by atoms with Crippen LogP contribution in [0, 0.1) is 5.92 Å². The van der Waals surface area contributed by atoms with Crippen molar-refractivity contribution in [2.24, 2.45) is 23.7 Å². The van der Waals surface area contributed by atoms with E-state index in [1.54, 1.807) is 10.9 Å². The molecule has 0 amide bonds. The minimum atomic E-state index is 0.502. The van der Waals surface area contributed by atoms with Crippen LogP contribution in [0.2, 0.25) is 0 Å². The second-order valence-electron chi connectivity index (χ2n) is 4.26. The molecule has 90 valence electrons. The number of hydrogen-bond acceptors (Lipinski definition) is 2. The monoisotopic (exact) mass is 223 g/mol. The van der Waals surface area contributed by atoms with Crippen LogP contribution in [0.25, 0.3) is 0 Å². The Balaban J connectivity index is 2.31. The summed E-state index contributed by atoms with van der Waals surface area (Å²) in [5.41, 5.74) is 6.79. The first-order chi connectivity index (χ1) is 7.59. The maximum absolute atomic E-state index is 5.74. The van der Waals surface area contributed by atoms with E-state index in [0.717, 1.165) is 18.7 Å². The number of aryl methyl sites for hydroxylation is 1. The maximum atomic E-state index is 5.74. The zero-order valence-electron chi connectivity index (χ0n) is 10.3. The van der Waals surface area contributed by atoms with Gasteiger partial charge >= 0.3 is 0 Å². The van der Waals surface area contributed by atoms with Crippen molar-refractivity contribution in [2.45, 2.75) is 26.8 Å². The zero-order chi connectivity index (χ0) is 12.0. The first kappa shape index (κ1) is 12.5. The standard InChI is InChI=1S/C11H21N5/c1-9(2)4-6-13-11(12)14-8-10-5-7-15-16(10)3/h5,7,9H,4,6,8H2,1-3H3,(H3,12,13,14). The summed E-state index contributed by atoms with van der Waals surface area (Å²) in [5, 5.41) is 7.16. The van der Waals surface area contributed by atoms with Gasteiger partial charge in [-0.25, -0.2) is 4.99 Å². The fourth-order valence-corrected chi connectivity index (χ4v) is 1.27. The molecule has 0 bridgehead atoms. The molecule has 0 spiro atoms. The second-order valence-corrected chi connectivity index (χ2v) is 4.26. The topological polar surface area (TPSA) is 68.2 Å². The fourth-order valence-electron chi connectivity index (χ4n) is 1.27. The molecule has 0 radical (unpaired) electrons. The Kier molecular flexibility index (Phi) is 4.82. The van der Waals surface area contributed by atoms with E-state index in [0.29, 0.717) is 18.4 Å². The van der Waals surface area contributed by atoms with E-state index in [4.69, 9.17) is 5.73 Å². The van der Waals surface area contributed by atoms with E-state index in [1.807, 2.05) is 13.1 Å². The molecule has 1 aromatic heterocycles. The summed E-state index contributed by atoms with van der Waals surface area (Å²) < 4.78 is 1.80. The second kappa shape index (κ2) is 6.15. The molecule has 3 N–H and O–H groups in total. The molecule has 16 heavy (non-hydrogen) atoms. The normalized spacial score (nSPS) is 12.1. The Morgan fingerprint density at radius 2 is 2.38 bits per heavy atom. The van der Waals surface area contributed by atoms with E-state index < -0.39 is 0 Å². The number of aliphatic imine (C=N–C) groups is 1. The Morgan fingerprint density at radius 1 is 1.62 bits per heavy atom. The molecule has 0 aliphatic heterocycles. The van der Waals surface area contributed by atoms with Gasteiger partial charge in [-0.05, 0) is 18.4 Å². The molecule has 0 atom stereocenters. The SMILES string of the molecule is CC(C)CCNC(N)=NCc1ccnn1C. The van der Waals surface area contributed by atoms with Crippen LogP contribution in [0.3, 0.4) is 0 Å². The molecule has 0 aromatic carbocycles. The Labute approximate surface area is 96.7 Å². The number of nitrogens with zero attached hydrogens (tertiary/aromatic N) is 3. The van der Waals surface area contributed by atoms with Crippen LogP contribution in [0.15, 0.2) is 17.3 Å². The molecule has 1 heterocycles. The molecular weight excluding hydrogens is 202 g/mol. The lowest BCUT2D eigenvalue weighted by Crippen LogP contribution is -2.33. The number of aromatic nitrogens is 2. The van der Waals surface area contributed by atoms with E-state index in [1.165, 1.54) is 0 Å². The summed E-state index contributed by atoms with van der Waals surface area (Å²) in [6.07, 6.45) is 2.86. The predicted octanol–water partition coefficient (Wildman–Crippen LogP) is 0.870. The van der Waals surface area contributed by atoms with Crippen molar-refractivity contribution in [1.29, 1.82) is 0 Å². The highest BCUT2D eigenvalue weighted by molar-refractivity contribution is 5.77. The minimum absolute atomic E-state index is 0.502. The summed E-state index contributed by atoms with van der Waals surface area (Å²) in [6.45, 7) is 5.81. The van der Waals surface area contributed by atoms with Crippen molar-refractivity contribution in [1.82, 2.24) is 15.1 Å². The Morgan fingerprint density at radius 3 is 2.94 bits per heavy atom. The number of rotatable bonds is 5. The van der Waals surface area contributed by atoms with Crippen molar-refractivity contribution >= 4 is 5.96 Å². The molecule has 1 rings (SSSR count). The highest BCUT2D eigenvalue weighted by Gasteiger charge is 1.98. The molecule has 0 aliphatic rings. The lowest BCUT2D eigenvalue weighted by Gasteiger charge is -2.07. The summed E-state index contributed by atoms with van der Waals surface area (Å²) in [6, 6.07) is 1.94. The van der Waals surface area contributed by atoms with Gasteiger partial charge in [0.15, 0.2) is 5.96 Å². The fraction of sp³-hybridized carbons (Fsp3) is 0.636. The van der Waals surface area contributed by atoms with Crippen LogP contribution in [0.4, 0.5) is 0 Å². The third-order valence-electron chi connectivity index (χ3n) is 2.36. The van der Waals surface area contributed by atoms with Gasteiger partial charge in [-0.2, -0.15) is 5.10 Å². The third kappa shape index (κ3) is 4.33. The van der Waals surface area contributed by atoms with Gasteiger partial charge in [0.2, 0.25) is 0 Å². The Bertz CT molecular complexity index is 340. The van der Waals surface area contributed by atoms with Gasteiger partial charge in [0, 0.05) is 19.8 Å². The quantitative estimate of drug-likeness (QED) is 0.575. The van der Waals surface area contributed by atoms with Gasteiger partial charge in [-0.1, -0.05) is 13.8 Å². The highest BCUT2D eigenvalue weighted by Crippen LogP contribution is 1.98. The molecular formula is C11H21N5. The van der Waals surface area contributed by atoms with E-state index in [-0.39, 0.29) is 0 Å². The van der Waals surface area contributed by atoms with Gasteiger partial charge in [0.05, 0.1) is 12.2 Å². The van der Waals surface area contributed by atoms with Gasteiger partial charge in [-0.15, -0.1) is 0 Å². The average molecular weight is 223 g/mol. The highest BCUT2D eigenvalue weighted by atomic mass is 15.3. The molecule has 0 fully saturated rings. The van der Waals surface area contributed by atoms with Gasteiger partial charge in [-0.3, -0.25) is 4.68 Å². The molecule has 0 aliphatic carbocycles. The van der Waals surface area contributed by atoms with Crippen molar-refractivity contribution < 1.29 is 0 Å². The number of guanidine groups is 1. The molecule has 0 saturated carbocycles. The third-order valence-corrected chi connectivity index (χ3v) is 2.36. The summed E-state index contributed by atoms with van der Waals surface area (Å²) in [7, 11) is 1.90. The average Bonchev–Trinajstić information content (AvgIpc) is 2.60. The van der Waals surface area contributed by atoms with Crippen LogP contribution < -0.4 is 11.1 Å². The summed E-state index contributed by atoms with van der Waals surface area (Å²) in [4.78, 5) is 4.25. The maximum Gasteiger partial charge on any atom is 0.188 e. The van der Waals surface area contributed by atoms with E-state index in [2.05, 4.69) is 29.3 Å². The predicted molar refractivity (Wildman–Crippen MR) is 66.0 cm³/mol. The van der Waals surface area contributed by atoms with Crippen LogP contribution in [-0.4, -0.2) is 22.3 Å². The van der Waals surface area contributed by atoms with Crippen molar-refractivity contribution in [3.63, 3.8) is 0 Å². The molecule has 5 nitrogen and oxygen atoms in total. The smallest absolute Gasteiger partial charge is 0.188 e. The van der Waals surface area contributed by atoms with Crippen molar-refractivity contribution in [3.8, 4) is 0 Å². The molecule has 5 heteroatoms. The van der Waals surface area contributed by atoms with Gasteiger partial charge in [0.25, 0.3) is 0 Å². The van der Waals surface area contributed by atoms with Gasteiger partial charge < -0.3 is 11.1 Å². The van der Waals surface area contributed by atoms with E-state index >= 15 is 0 Å². The largest absolute Gasteiger partial charge is 0.370 e. The number of nitrogens with two attached hydrogens (primary N) is 1. The van der Waals surface area contributed by atoms with Crippen LogP contribution >= 0.6 is 0 Å². The van der Waals surface area contributed by atoms with Crippen LogP contribution in [0.5, 0.6) is 0 Å². The lowest BCUT2D eigenvalue weighted by atomic mass is 10.1. The lowest BCUT2D eigenvalue weighted by molar-refractivity contribution is 0.576. The molecule has 0 saturated heterocycles. The van der Waals surface area contributed by atoms with E-state index in [9.17, 15) is 0 Å². The molecule has 0 unspecified atom stereocenters. The number of hydrogen-bond donors (Lipinski definition) is 2. The number of nitrogens with one attached hydrogen (secondary N) is 1. The molecule has 1 aromatic rings. The minimum Gasteiger partial charge on any atom is -0.370 e. The van der Waals surface area contributed by atoms with Crippen LogP contribution in [0.1, 0.15) is 26.0 Å². The zero-order valence-corrected chi connectivity index (χ0v) is 10.3. The van der Waals surface area contributed by atoms with Gasteiger partial charge in [0.1, 0.15) is 0 Å². The Hall–Kier alpha value is -1.52.